The smallest absolute Gasteiger partial charge is 0.119 e. The molecule has 0 amide bonds. The number of hydrogen-bond acceptors (Lipinski definition) is 2. The quantitative estimate of drug-likeness (QED) is 0.543. The molecule has 0 bridgehead atoms. The Kier molecular flexibility index (Phi) is 2.64. The number of fused-ring (bicyclic) bond motifs is 3. The van der Waals surface area contributed by atoms with E-state index in [0.29, 0.717) is 0 Å². The third-order valence-corrected chi connectivity index (χ3v) is 3.72. The molecule has 2 aromatic carbocycles. The number of rotatable bonds is 2. The Morgan fingerprint density at radius 1 is 0.905 bits per heavy atom. The maximum Gasteiger partial charge on any atom is 0.119 e. The lowest BCUT2D eigenvalue weighted by molar-refractivity contribution is 0.415. The van der Waals surface area contributed by atoms with Crippen LogP contribution < -0.4 is 4.74 Å². The van der Waals surface area contributed by atoms with E-state index in [9.17, 15) is 0 Å². The highest BCUT2D eigenvalue weighted by atomic mass is 16.5. The summed E-state index contributed by atoms with van der Waals surface area (Å²) in [6.45, 7) is 0. The summed E-state index contributed by atoms with van der Waals surface area (Å²) in [6.07, 6.45) is 2.07. The molecule has 3 heteroatoms. The van der Waals surface area contributed by atoms with Crippen LogP contribution in [0, 0.1) is 0 Å². The Labute approximate surface area is 123 Å². The molecule has 0 fully saturated rings. The molecule has 0 saturated carbocycles. The summed E-state index contributed by atoms with van der Waals surface area (Å²) >= 11 is 0. The minimum atomic E-state index is 0.842. The van der Waals surface area contributed by atoms with Gasteiger partial charge in [0.05, 0.1) is 29.9 Å². The Morgan fingerprint density at radius 3 is 2.52 bits per heavy atom. The molecule has 0 N–H and O–H groups in total. The maximum absolute atomic E-state index is 5.19. The molecule has 3 aromatic rings. The van der Waals surface area contributed by atoms with Crippen molar-refractivity contribution >= 4 is 11.4 Å². The number of benzene rings is 2. The molecule has 102 valence electrons. The third-order valence-electron chi connectivity index (χ3n) is 3.72. The number of aliphatic imine (C=N–C) groups is 1. The van der Waals surface area contributed by atoms with Crippen LogP contribution in [-0.4, -0.2) is 17.4 Å². The molecule has 21 heavy (non-hydrogen) atoms. The van der Waals surface area contributed by atoms with Gasteiger partial charge in [0.1, 0.15) is 5.75 Å². The van der Waals surface area contributed by atoms with Crippen LogP contribution in [0.1, 0.15) is 11.3 Å². The minimum absolute atomic E-state index is 0.842. The van der Waals surface area contributed by atoms with Gasteiger partial charge in [0, 0.05) is 11.8 Å². The number of nitrogens with zero attached hydrogens (tertiary/aromatic N) is 2. The fourth-order valence-electron chi connectivity index (χ4n) is 2.71. The van der Waals surface area contributed by atoms with E-state index in [4.69, 9.17) is 9.73 Å². The molecular weight excluding hydrogens is 260 g/mol. The summed E-state index contributed by atoms with van der Waals surface area (Å²) in [4.78, 5) is 4.83. The fourth-order valence-corrected chi connectivity index (χ4v) is 2.71. The van der Waals surface area contributed by atoms with E-state index in [0.717, 1.165) is 22.8 Å². The molecule has 2 heterocycles. The molecule has 1 aliphatic rings. The maximum atomic E-state index is 5.19. The van der Waals surface area contributed by atoms with Crippen LogP contribution in [0.2, 0.25) is 0 Å². The molecule has 1 aromatic heterocycles. The second-order valence-corrected chi connectivity index (χ2v) is 4.94. The molecule has 0 saturated heterocycles. The molecule has 0 atom stereocenters. The Balaban J connectivity index is 1.86. The molecule has 0 unspecified atom stereocenters. The average molecular weight is 274 g/mol. The van der Waals surface area contributed by atoms with Gasteiger partial charge >= 0.3 is 0 Å². The molecule has 0 aliphatic carbocycles. The third kappa shape index (κ3) is 1.86. The first kappa shape index (κ1) is 12.0. The zero-order chi connectivity index (χ0) is 14.2. The molecule has 4 rings (SSSR count). The topological polar surface area (TPSA) is 26.5 Å². The number of ether oxygens (including phenoxy) is 1. The van der Waals surface area contributed by atoms with Gasteiger partial charge < -0.3 is 9.30 Å². The van der Waals surface area contributed by atoms with Crippen molar-refractivity contribution in [3.05, 3.63) is 78.1 Å². The number of aromatic nitrogens is 1. The predicted molar refractivity (Wildman–Crippen MR) is 84.1 cm³/mol. The molecule has 0 radical (unpaired) electrons. The Bertz CT molecular complexity index is 828. The van der Waals surface area contributed by atoms with E-state index in [1.165, 1.54) is 11.3 Å². The van der Waals surface area contributed by atoms with Crippen LogP contribution in [0.25, 0.3) is 5.69 Å². The van der Waals surface area contributed by atoms with Crippen LogP contribution >= 0.6 is 0 Å². The lowest BCUT2D eigenvalue weighted by atomic mass is 10.1. The first-order valence-corrected chi connectivity index (χ1v) is 6.87. The van der Waals surface area contributed by atoms with Crippen molar-refractivity contribution < 1.29 is 4.74 Å². The predicted octanol–water partition coefficient (Wildman–Crippen LogP) is 3.97. The number of hydrogen-bond donors (Lipinski definition) is 0. The van der Waals surface area contributed by atoms with Crippen LogP contribution in [0.5, 0.6) is 5.75 Å². The summed E-state index contributed by atoms with van der Waals surface area (Å²) in [5.41, 5.74) is 5.43. The first-order valence-electron chi connectivity index (χ1n) is 6.87. The molecular formula is C18H14N2O. The van der Waals surface area contributed by atoms with Crippen LogP contribution in [-0.2, 0) is 0 Å². The van der Waals surface area contributed by atoms with Gasteiger partial charge in [0.15, 0.2) is 0 Å². The highest BCUT2D eigenvalue weighted by Crippen LogP contribution is 2.30. The minimum Gasteiger partial charge on any atom is -0.497 e. The van der Waals surface area contributed by atoms with Crippen molar-refractivity contribution in [2.75, 3.05) is 7.11 Å². The SMILES string of the molecule is COc1ccc(N=C2c3ccccc3-n3cccc32)cc1. The van der Waals surface area contributed by atoms with Gasteiger partial charge in [-0.1, -0.05) is 18.2 Å². The van der Waals surface area contributed by atoms with Crippen molar-refractivity contribution in [1.82, 2.24) is 4.57 Å². The second kappa shape index (κ2) is 4.63. The fraction of sp³-hybridized carbons (Fsp3) is 0.0556. The van der Waals surface area contributed by atoms with Crippen molar-refractivity contribution in [2.45, 2.75) is 0 Å². The summed E-state index contributed by atoms with van der Waals surface area (Å²) in [6, 6.07) is 20.3. The van der Waals surface area contributed by atoms with Crippen LogP contribution in [0.4, 0.5) is 5.69 Å². The van der Waals surface area contributed by atoms with Gasteiger partial charge in [-0.25, -0.2) is 4.99 Å². The summed E-state index contributed by atoms with van der Waals surface area (Å²) < 4.78 is 7.36. The first-order chi connectivity index (χ1) is 10.4. The average Bonchev–Trinajstić information content (AvgIpc) is 3.11. The van der Waals surface area contributed by atoms with Gasteiger partial charge in [-0.2, -0.15) is 0 Å². The summed E-state index contributed by atoms with van der Waals surface area (Å²) in [7, 11) is 1.67. The lowest BCUT2D eigenvalue weighted by Gasteiger charge is -2.02. The number of para-hydroxylation sites is 1. The van der Waals surface area contributed by atoms with E-state index in [1.807, 2.05) is 24.3 Å². The van der Waals surface area contributed by atoms with Gasteiger partial charge in [-0.3, -0.25) is 0 Å². The standard InChI is InChI=1S/C18H14N2O/c1-21-14-10-8-13(9-11-14)19-18-15-5-2-3-6-16(15)20-12-4-7-17(18)20/h2-12H,1H3. The highest BCUT2D eigenvalue weighted by Gasteiger charge is 2.23. The zero-order valence-corrected chi connectivity index (χ0v) is 11.7. The van der Waals surface area contributed by atoms with E-state index in [1.54, 1.807) is 7.11 Å². The van der Waals surface area contributed by atoms with Crippen LogP contribution in [0.3, 0.4) is 0 Å². The summed E-state index contributed by atoms with van der Waals surface area (Å²) in [5.74, 6) is 0.842. The van der Waals surface area contributed by atoms with E-state index >= 15 is 0 Å². The lowest BCUT2D eigenvalue weighted by Crippen LogP contribution is -1.97. The number of methoxy groups -OCH3 is 1. The van der Waals surface area contributed by atoms with Crippen molar-refractivity contribution in [1.29, 1.82) is 0 Å². The Morgan fingerprint density at radius 2 is 1.71 bits per heavy atom. The molecule has 3 nitrogen and oxygen atoms in total. The van der Waals surface area contributed by atoms with Gasteiger partial charge in [0.2, 0.25) is 0 Å². The molecule has 0 spiro atoms. The second-order valence-electron chi connectivity index (χ2n) is 4.94. The normalized spacial score (nSPS) is 14.0. The highest BCUT2D eigenvalue weighted by molar-refractivity contribution is 6.18. The van der Waals surface area contributed by atoms with Gasteiger partial charge in [-0.15, -0.1) is 0 Å². The van der Waals surface area contributed by atoms with Gasteiger partial charge in [-0.05, 0) is 42.5 Å². The van der Waals surface area contributed by atoms with Crippen molar-refractivity contribution in [3.8, 4) is 11.4 Å². The van der Waals surface area contributed by atoms with Gasteiger partial charge in [0.25, 0.3) is 0 Å². The van der Waals surface area contributed by atoms with E-state index < -0.39 is 0 Å². The van der Waals surface area contributed by atoms with Crippen LogP contribution in [0.15, 0.2) is 71.9 Å². The Hall–Kier alpha value is -2.81. The van der Waals surface area contributed by atoms with E-state index in [2.05, 4.69) is 47.2 Å². The monoisotopic (exact) mass is 274 g/mol. The zero-order valence-electron chi connectivity index (χ0n) is 11.7. The largest absolute Gasteiger partial charge is 0.497 e. The molecule has 1 aliphatic heterocycles. The van der Waals surface area contributed by atoms with Crippen molar-refractivity contribution in [2.24, 2.45) is 4.99 Å². The summed E-state index contributed by atoms with van der Waals surface area (Å²) in [5, 5.41) is 0. The van der Waals surface area contributed by atoms with E-state index in [-0.39, 0.29) is 0 Å². The van der Waals surface area contributed by atoms with Crippen molar-refractivity contribution in [3.63, 3.8) is 0 Å².